The van der Waals surface area contributed by atoms with Crippen LogP contribution in [0.1, 0.15) is 40.5 Å². The zero-order valence-electron chi connectivity index (χ0n) is 8.29. The van der Waals surface area contributed by atoms with Crippen molar-refractivity contribution in [3.8, 4) is 0 Å². The quantitative estimate of drug-likeness (QED) is 0.682. The fraction of sp³-hybridized carbons (Fsp3) is 1.00. The van der Waals surface area contributed by atoms with Gasteiger partial charge in [0.15, 0.2) is 9.84 Å². The molecule has 72 valence electrons. The molecule has 0 atom stereocenters. The van der Waals surface area contributed by atoms with Gasteiger partial charge in [0.25, 0.3) is 0 Å². The van der Waals surface area contributed by atoms with Crippen LogP contribution in [0.3, 0.4) is 0 Å². The fourth-order valence-electron chi connectivity index (χ4n) is 1.78. The molecule has 1 fully saturated rings. The summed E-state index contributed by atoms with van der Waals surface area (Å²) in [6, 6.07) is 0. The molecule has 0 bridgehead atoms. The standard InChI is InChI=1S/C9H18O2S/c1-7(2)9(5-6-9)12(10,11)8(3)4/h7-8H,5-6H2,1-4H3. The van der Waals surface area contributed by atoms with Crippen LogP contribution >= 0.6 is 0 Å². The molecule has 0 amide bonds. The average Bonchev–Trinajstić information content (AvgIpc) is 2.64. The zero-order valence-corrected chi connectivity index (χ0v) is 9.11. The summed E-state index contributed by atoms with van der Waals surface area (Å²) in [5, 5.41) is -0.220. The molecule has 0 N–H and O–H groups in total. The van der Waals surface area contributed by atoms with E-state index >= 15 is 0 Å². The Morgan fingerprint density at radius 1 is 1.08 bits per heavy atom. The minimum atomic E-state index is -2.86. The Morgan fingerprint density at radius 3 is 1.58 bits per heavy atom. The van der Waals surface area contributed by atoms with Crippen LogP contribution in [0.4, 0.5) is 0 Å². The minimum absolute atomic E-state index is 0.220. The first-order valence-electron chi connectivity index (χ1n) is 4.58. The summed E-state index contributed by atoms with van der Waals surface area (Å²) in [5.41, 5.74) is 0. The highest BCUT2D eigenvalue weighted by molar-refractivity contribution is 7.93. The molecule has 0 aromatic carbocycles. The molecule has 1 saturated carbocycles. The highest BCUT2D eigenvalue weighted by Gasteiger charge is 2.57. The van der Waals surface area contributed by atoms with Crippen molar-refractivity contribution < 1.29 is 8.42 Å². The largest absolute Gasteiger partial charge is 0.228 e. The zero-order chi connectivity index (χ0) is 9.57. The van der Waals surface area contributed by atoms with Gasteiger partial charge >= 0.3 is 0 Å². The van der Waals surface area contributed by atoms with Gasteiger partial charge in [-0.25, -0.2) is 8.42 Å². The van der Waals surface area contributed by atoms with Gasteiger partial charge < -0.3 is 0 Å². The van der Waals surface area contributed by atoms with Crippen LogP contribution in [0.2, 0.25) is 0 Å². The third kappa shape index (κ3) is 1.18. The van der Waals surface area contributed by atoms with Crippen molar-refractivity contribution in [2.24, 2.45) is 5.92 Å². The van der Waals surface area contributed by atoms with Gasteiger partial charge in [0, 0.05) is 0 Å². The second-order valence-electron chi connectivity index (χ2n) is 4.31. The Labute approximate surface area is 75.3 Å². The first kappa shape index (κ1) is 10.0. The molecule has 12 heavy (non-hydrogen) atoms. The minimum Gasteiger partial charge on any atom is -0.228 e. The van der Waals surface area contributed by atoms with Crippen LogP contribution in [0.15, 0.2) is 0 Å². The summed E-state index contributed by atoms with van der Waals surface area (Å²) < 4.78 is 23.4. The lowest BCUT2D eigenvalue weighted by atomic mass is 10.1. The summed E-state index contributed by atoms with van der Waals surface area (Å²) >= 11 is 0. The normalized spacial score (nSPS) is 21.8. The van der Waals surface area contributed by atoms with Crippen molar-refractivity contribution in [2.75, 3.05) is 0 Å². The van der Waals surface area contributed by atoms with Crippen molar-refractivity contribution in [2.45, 2.75) is 50.5 Å². The average molecular weight is 190 g/mol. The van der Waals surface area contributed by atoms with Crippen molar-refractivity contribution in [1.82, 2.24) is 0 Å². The maximum atomic E-state index is 11.9. The predicted molar refractivity (Wildman–Crippen MR) is 50.9 cm³/mol. The topological polar surface area (TPSA) is 34.1 Å². The molecule has 1 rings (SSSR count). The highest BCUT2D eigenvalue weighted by atomic mass is 32.2. The maximum absolute atomic E-state index is 11.9. The van der Waals surface area contributed by atoms with E-state index in [1.807, 2.05) is 13.8 Å². The predicted octanol–water partition coefficient (Wildman–Crippen LogP) is 2.00. The fourth-order valence-corrected chi connectivity index (χ4v) is 4.05. The summed E-state index contributed by atoms with van der Waals surface area (Å²) in [6.45, 7) is 7.56. The lowest BCUT2D eigenvalue weighted by Gasteiger charge is -2.22. The lowest BCUT2D eigenvalue weighted by molar-refractivity contribution is 0.516. The number of sulfone groups is 1. The molecular weight excluding hydrogens is 172 g/mol. The summed E-state index contributed by atoms with van der Waals surface area (Å²) in [7, 11) is -2.86. The molecule has 0 unspecified atom stereocenters. The molecule has 1 aliphatic rings. The molecule has 0 radical (unpaired) electrons. The van der Waals surface area contributed by atoms with Gasteiger partial charge in [0.2, 0.25) is 0 Å². The van der Waals surface area contributed by atoms with Crippen LogP contribution < -0.4 is 0 Å². The van der Waals surface area contributed by atoms with Gasteiger partial charge in [-0.2, -0.15) is 0 Å². The van der Waals surface area contributed by atoms with Gasteiger partial charge in [0.05, 0.1) is 10.00 Å². The SMILES string of the molecule is CC(C)C1(S(=O)(=O)C(C)C)CC1. The van der Waals surface area contributed by atoms with Gasteiger partial charge in [0.1, 0.15) is 0 Å². The Kier molecular flexibility index (Phi) is 2.28. The van der Waals surface area contributed by atoms with Crippen molar-refractivity contribution in [3.63, 3.8) is 0 Å². The number of hydrogen-bond donors (Lipinski definition) is 0. The van der Waals surface area contributed by atoms with E-state index in [-0.39, 0.29) is 15.9 Å². The van der Waals surface area contributed by atoms with E-state index in [1.54, 1.807) is 13.8 Å². The van der Waals surface area contributed by atoms with E-state index < -0.39 is 9.84 Å². The van der Waals surface area contributed by atoms with Crippen LogP contribution in [-0.2, 0) is 9.84 Å². The van der Waals surface area contributed by atoms with E-state index in [0.29, 0.717) is 0 Å². The van der Waals surface area contributed by atoms with E-state index in [9.17, 15) is 8.42 Å². The number of hydrogen-bond acceptors (Lipinski definition) is 2. The van der Waals surface area contributed by atoms with Crippen molar-refractivity contribution >= 4 is 9.84 Å². The van der Waals surface area contributed by atoms with Crippen LogP contribution in [0.25, 0.3) is 0 Å². The maximum Gasteiger partial charge on any atom is 0.158 e. The molecule has 0 aromatic heterocycles. The highest BCUT2D eigenvalue weighted by Crippen LogP contribution is 2.50. The summed E-state index contributed by atoms with van der Waals surface area (Å²) in [6.07, 6.45) is 1.73. The van der Waals surface area contributed by atoms with E-state index in [2.05, 4.69) is 0 Å². The molecule has 0 saturated heterocycles. The second kappa shape index (κ2) is 2.72. The molecule has 2 nitrogen and oxygen atoms in total. The van der Waals surface area contributed by atoms with E-state index in [1.165, 1.54) is 0 Å². The first-order valence-corrected chi connectivity index (χ1v) is 6.12. The lowest BCUT2D eigenvalue weighted by Crippen LogP contribution is -2.34. The molecule has 0 aliphatic heterocycles. The Hall–Kier alpha value is -0.0500. The third-order valence-electron chi connectivity index (χ3n) is 2.98. The summed E-state index contributed by atoms with van der Waals surface area (Å²) in [5.74, 6) is 0.268. The third-order valence-corrected chi connectivity index (χ3v) is 6.24. The first-order chi connectivity index (χ1) is 5.34. The van der Waals surface area contributed by atoms with E-state index in [4.69, 9.17) is 0 Å². The molecule has 0 spiro atoms. The molecular formula is C9H18O2S. The van der Waals surface area contributed by atoms with Gasteiger partial charge in [-0.3, -0.25) is 0 Å². The second-order valence-corrected chi connectivity index (χ2v) is 7.16. The van der Waals surface area contributed by atoms with Gasteiger partial charge in [-0.05, 0) is 32.6 Å². The number of rotatable bonds is 3. The van der Waals surface area contributed by atoms with Crippen LogP contribution in [-0.4, -0.2) is 18.4 Å². The smallest absolute Gasteiger partial charge is 0.158 e. The Bertz CT molecular complexity index is 258. The van der Waals surface area contributed by atoms with Crippen molar-refractivity contribution in [3.05, 3.63) is 0 Å². The Morgan fingerprint density at radius 2 is 1.50 bits per heavy atom. The van der Waals surface area contributed by atoms with Crippen LogP contribution in [0.5, 0.6) is 0 Å². The van der Waals surface area contributed by atoms with Gasteiger partial charge in [-0.15, -0.1) is 0 Å². The molecule has 3 heteroatoms. The molecule has 1 aliphatic carbocycles. The van der Waals surface area contributed by atoms with Crippen molar-refractivity contribution in [1.29, 1.82) is 0 Å². The van der Waals surface area contributed by atoms with Gasteiger partial charge in [-0.1, -0.05) is 13.8 Å². The monoisotopic (exact) mass is 190 g/mol. The Balaban J connectivity index is 2.97. The summed E-state index contributed by atoms with van der Waals surface area (Å²) in [4.78, 5) is 0. The molecule has 0 heterocycles. The molecule has 0 aromatic rings. The van der Waals surface area contributed by atoms with Crippen LogP contribution in [0, 0.1) is 5.92 Å². The van der Waals surface area contributed by atoms with E-state index in [0.717, 1.165) is 12.8 Å².